The molecule has 0 unspecified atom stereocenters. The largest absolute Gasteiger partial charge is 0.458 e. The Bertz CT molecular complexity index is 1900. The molecule has 41 heavy (non-hydrogen) atoms. The first kappa shape index (κ1) is 23.3. The molecular formula is C36H29B2NO2. The maximum absolute atomic E-state index is 6.84. The van der Waals surface area contributed by atoms with Crippen molar-refractivity contribution in [2.24, 2.45) is 0 Å². The molecule has 0 saturated heterocycles. The second kappa shape index (κ2) is 7.67. The van der Waals surface area contributed by atoms with E-state index >= 15 is 0 Å². The lowest BCUT2D eigenvalue weighted by atomic mass is 9.29. The van der Waals surface area contributed by atoms with Gasteiger partial charge in [0.05, 0.1) is 0 Å². The minimum Gasteiger partial charge on any atom is -0.458 e. The van der Waals surface area contributed by atoms with E-state index in [9.17, 15) is 0 Å². The summed E-state index contributed by atoms with van der Waals surface area (Å²) < 4.78 is 13.7. The molecule has 5 aromatic rings. The van der Waals surface area contributed by atoms with E-state index in [1.807, 2.05) is 0 Å². The summed E-state index contributed by atoms with van der Waals surface area (Å²) in [6.45, 7) is 13.4. The normalized spacial score (nSPS) is 14.3. The molecule has 4 heterocycles. The van der Waals surface area contributed by atoms with Crippen molar-refractivity contribution < 1.29 is 9.47 Å². The first-order chi connectivity index (χ1) is 19.8. The highest BCUT2D eigenvalue weighted by Crippen LogP contribution is 2.46. The number of rotatable bonds is 0. The van der Waals surface area contributed by atoms with Crippen LogP contribution >= 0.6 is 0 Å². The smallest absolute Gasteiger partial charge is 0.256 e. The molecule has 4 aliphatic rings. The van der Waals surface area contributed by atoms with Crippen molar-refractivity contribution in [1.29, 1.82) is 0 Å². The zero-order valence-corrected chi connectivity index (χ0v) is 24.3. The Hall–Kier alpha value is -4.37. The lowest BCUT2D eigenvalue weighted by Gasteiger charge is -2.47. The number of aryl methyl sites for hydroxylation is 6. The molecule has 0 fully saturated rings. The first-order valence-corrected chi connectivity index (χ1v) is 14.6. The number of benzene rings is 5. The van der Waals surface area contributed by atoms with Gasteiger partial charge in [0.25, 0.3) is 13.4 Å². The fraction of sp³-hybridized carbons (Fsp3) is 0.167. The molecular weight excluding hydrogens is 500 g/mol. The Balaban J connectivity index is 1.46. The number of hydrogen-bond donors (Lipinski definition) is 0. The first-order valence-electron chi connectivity index (χ1n) is 14.6. The minimum atomic E-state index is 0.0916. The molecule has 9 rings (SSSR count). The highest BCUT2D eigenvalue weighted by atomic mass is 16.5. The van der Waals surface area contributed by atoms with Crippen molar-refractivity contribution in [2.45, 2.75) is 41.5 Å². The fourth-order valence-electron chi connectivity index (χ4n) is 8.14. The summed E-state index contributed by atoms with van der Waals surface area (Å²) in [5.41, 5.74) is 19.0. The van der Waals surface area contributed by atoms with Crippen LogP contribution in [-0.2, 0) is 0 Å². The van der Waals surface area contributed by atoms with Crippen LogP contribution in [0.2, 0.25) is 0 Å². The van der Waals surface area contributed by atoms with Gasteiger partial charge in [0.15, 0.2) is 0 Å². The van der Waals surface area contributed by atoms with Crippen molar-refractivity contribution in [2.75, 3.05) is 4.90 Å². The van der Waals surface area contributed by atoms with Crippen LogP contribution in [-0.4, -0.2) is 13.4 Å². The summed E-state index contributed by atoms with van der Waals surface area (Å²) in [7, 11) is 0. The quantitative estimate of drug-likeness (QED) is 0.262. The average molecular weight is 529 g/mol. The molecule has 0 bridgehead atoms. The van der Waals surface area contributed by atoms with Gasteiger partial charge in [0.1, 0.15) is 23.0 Å². The molecule has 5 aromatic carbocycles. The molecule has 0 atom stereocenters. The molecule has 0 spiro atoms. The summed E-state index contributed by atoms with van der Waals surface area (Å²) in [6, 6.07) is 25.1. The van der Waals surface area contributed by atoms with Crippen LogP contribution < -0.4 is 47.2 Å². The van der Waals surface area contributed by atoms with E-state index in [4.69, 9.17) is 9.47 Å². The van der Waals surface area contributed by atoms with Gasteiger partial charge in [-0.2, -0.15) is 0 Å². The zero-order valence-electron chi connectivity index (χ0n) is 24.3. The van der Waals surface area contributed by atoms with Crippen LogP contribution in [0.4, 0.5) is 17.1 Å². The van der Waals surface area contributed by atoms with Crippen LogP contribution in [0.15, 0.2) is 66.7 Å². The number of anilines is 3. The molecule has 0 amide bonds. The average Bonchev–Trinajstić information content (AvgIpc) is 2.91. The Labute approximate surface area is 241 Å². The molecule has 5 heteroatoms. The molecule has 3 nitrogen and oxygen atoms in total. The SMILES string of the molecule is Cc1cc(C)c2c(c1)Oc1cc3c4c5c1B2c1cc(C)ccc1N5c1ccc(C)cc1B4c1c(C)cc(C)cc1O3. The Kier molecular flexibility index (Phi) is 4.37. The monoisotopic (exact) mass is 529 g/mol. The fourth-order valence-corrected chi connectivity index (χ4v) is 8.14. The number of fused-ring (bicyclic) bond motifs is 10. The van der Waals surface area contributed by atoms with Gasteiger partial charge in [0.2, 0.25) is 0 Å². The second-order valence-corrected chi connectivity index (χ2v) is 12.6. The standard InChI is InChI=1S/C36H29B2NO2/c1-18-7-9-26-24(13-18)37-32-22(5)11-20(3)15-28(32)40-30-17-31-35-36(34(30)37)39(26)27-10-8-19(2)14-25(27)38(35)33-23(6)12-21(4)16-29(33)41-31/h7-17H,1-6H3. The predicted molar refractivity (Wildman–Crippen MR) is 172 cm³/mol. The van der Waals surface area contributed by atoms with E-state index in [2.05, 4.69) is 113 Å². The van der Waals surface area contributed by atoms with Crippen LogP contribution in [0.3, 0.4) is 0 Å². The molecule has 0 radical (unpaired) electrons. The highest BCUT2D eigenvalue weighted by Gasteiger charge is 2.51. The lowest BCUT2D eigenvalue weighted by molar-refractivity contribution is 0.465. The van der Waals surface area contributed by atoms with Gasteiger partial charge in [-0.05, 0) is 110 Å². The Morgan fingerprint density at radius 1 is 0.463 bits per heavy atom. The third-order valence-corrected chi connectivity index (χ3v) is 9.58. The third kappa shape index (κ3) is 2.91. The highest BCUT2D eigenvalue weighted by molar-refractivity contribution is 7.04. The summed E-state index contributed by atoms with van der Waals surface area (Å²) in [4.78, 5) is 2.50. The summed E-state index contributed by atoms with van der Waals surface area (Å²) in [5, 5.41) is 0. The maximum atomic E-state index is 6.84. The second-order valence-electron chi connectivity index (χ2n) is 12.6. The van der Waals surface area contributed by atoms with Gasteiger partial charge in [-0.25, -0.2) is 0 Å². The molecule has 0 saturated carbocycles. The maximum Gasteiger partial charge on any atom is 0.256 e. The van der Waals surface area contributed by atoms with Crippen LogP contribution in [0, 0.1) is 41.5 Å². The zero-order chi connectivity index (χ0) is 27.9. The van der Waals surface area contributed by atoms with E-state index in [0.717, 1.165) is 23.0 Å². The van der Waals surface area contributed by atoms with Gasteiger partial charge in [0, 0.05) is 23.1 Å². The molecule has 0 N–H and O–H groups in total. The predicted octanol–water partition coefficient (Wildman–Crippen LogP) is 4.88. The topological polar surface area (TPSA) is 21.7 Å². The third-order valence-electron chi connectivity index (χ3n) is 9.58. The van der Waals surface area contributed by atoms with Crippen LogP contribution in [0.25, 0.3) is 0 Å². The molecule has 4 aliphatic heterocycles. The summed E-state index contributed by atoms with van der Waals surface area (Å²) >= 11 is 0. The van der Waals surface area contributed by atoms with Gasteiger partial charge >= 0.3 is 0 Å². The van der Waals surface area contributed by atoms with Gasteiger partial charge in [-0.1, -0.05) is 58.7 Å². The Morgan fingerprint density at radius 3 is 1.37 bits per heavy atom. The Morgan fingerprint density at radius 2 is 0.902 bits per heavy atom. The van der Waals surface area contributed by atoms with Crippen molar-refractivity contribution in [3.05, 3.63) is 100 Å². The van der Waals surface area contributed by atoms with Crippen molar-refractivity contribution in [3.8, 4) is 23.0 Å². The minimum absolute atomic E-state index is 0.0916. The number of ether oxygens (including phenoxy) is 2. The van der Waals surface area contributed by atoms with E-state index in [0.29, 0.717) is 0 Å². The van der Waals surface area contributed by atoms with E-state index in [1.54, 1.807) is 0 Å². The van der Waals surface area contributed by atoms with Gasteiger partial charge in [-0.3, -0.25) is 0 Å². The molecule has 0 aromatic heterocycles. The molecule has 0 aliphatic carbocycles. The number of hydrogen-bond acceptors (Lipinski definition) is 3. The lowest BCUT2D eigenvalue weighted by Crippen LogP contribution is -2.67. The van der Waals surface area contributed by atoms with Crippen molar-refractivity contribution in [1.82, 2.24) is 0 Å². The van der Waals surface area contributed by atoms with Crippen LogP contribution in [0.1, 0.15) is 33.4 Å². The van der Waals surface area contributed by atoms with E-state index in [-0.39, 0.29) is 13.4 Å². The molecule has 196 valence electrons. The summed E-state index contributed by atoms with van der Waals surface area (Å²) in [6.07, 6.45) is 0. The van der Waals surface area contributed by atoms with E-state index < -0.39 is 0 Å². The van der Waals surface area contributed by atoms with Gasteiger partial charge < -0.3 is 14.4 Å². The summed E-state index contributed by atoms with van der Waals surface area (Å²) in [5.74, 6) is 3.72. The van der Waals surface area contributed by atoms with Crippen molar-refractivity contribution in [3.63, 3.8) is 0 Å². The van der Waals surface area contributed by atoms with Gasteiger partial charge in [-0.15, -0.1) is 0 Å². The van der Waals surface area contributed by atoms with E-state index in [1.165, 1.54) is 83.2 Å². The number of nitrogens with zero attached hydrogens (tertiary/aromatic N) is 1. The van der Waals surface area contributed by atoms with Crippen LogP contribution in [0.5, 0.6) is 23.0 Å². The van der Waals surface area contributed by atoms with Crippen molar-refractivity contribution >= 4 is 63.3 Å².